The number of halogens is 1. The zero-order valence-electron chi connectivity index (χ0n) is 9.23. The Hall–Kier alpha value is -0.690. The van der Waals surface area contributed by atoms with E-state index in [1.54, 1.807) is 5.51 Å². The first-order valence-electron chi connectivity index (χ1n) is 5.44. The van der Waals surface area contributed by atoms with Crippen molar-refractivity contribution in [1.82, 2.24) is 15.2 Å². The normalized spacial score (nSPS) is 20.7. The van der Waals surface area contributed by atoms with Crippen molar-refractivity contribution in [1.29, 1.82) is 0 Å². The van der Waals surface area contributed by atoms with Gasteiger partial charge in [-0.1, -0.05) is 11.6 Å². The van der Waals surface area contributed by atoms with Crippen LogP contribution in [0.3, 0.4) is 0 Å². The lowest BCUT2D eigenvalue weighted by atomic mass is 10.3. The first-order valence-corrected chi connectivity index (χ1v) is 6.70. The molecular weight excluding hydrogens is 262 g/mol. The second-order valence-electron chi connectivity index (χ2n) is 3.97. The summed E-state index contributed by atoms with van der Waals surface area (Å²) in [7, 11) is 0. The predicted molar refractivity (Wildman–Crippen MR) is 66.5 cm³/mol. The van der Waals surface area contributed by atoms with Crippen LogP contribution in [-0.4, -0.2) is 53.2 Å². The number of aliphatic hydroxyl groups is 1. The van der Waals surface area contributed by atoms with Crippen LogP contribution < -0.4 is 5.32 Å². The summed E-state index contributed by atoms with van der Waals surface area (Å²) >= 11 is 6.99. The molecule has 0 aromatic carbocycles. The van der Waals surface area contributed by atoms with E-state index in [-0.39, 0.29) is 17.2 Å². The van der Waals surface area contributed by atoms with Crippen LogP contribution in [0.15, 0.2) is 5.51 Å². The average Bonchev–Trinajstić information content (AvgIpc) is 2.87. The Labute approximate surface area is 108 Å². The largest absolute Gasteiger partial charge is 0.392 e. The molecule has 0 bridgehead atoms. The molecule has 0 spiro atoms. The second-order valence-corrected chi connectivity index (χ2v) is 5.18. The van der Waals surface area contributed by atoms with Crippen LogP contribution in [0, 0.1) is 0 Å². The number of carbonyl (C=O) groups is 1. The van der Waals surface area contributed by atoms with E-state index in [0.717, 1.165) is 19.5 Å². The number of β-amino-alcohol motifs (C(OH)–C–C–N with tert-alkyl or cyclic N) is 1. The number of rotatable bonds is 4. The average molecular weight is 276 g/mol. The molecular formula is C10H14ClN3O2S. The summed E-state index contributed by atoms with van der Waals surface area (Å²) in [5.41, 5.74) is 1.55. The first-order chi connectivity index (χ1) is 8.16. The Kier molecular flexibility index (Phi) is 4.33. The van der Waals surface area contributed by atoms with E-state index in [2.05, 4.69) is 15.2 Å². The van der Waals surface area contributed by atoms with Gasteiger partial charge in [-0.2, -0.15) is 0 Å². The number of thiazole rings is 1. The molecule has 2 N–H and O–H groups in total. The maximum absolute atomic E-state index is 11.7. The van der Waals surface area contributed by atoms with Gasteiger partial charge in [-0.25, -0.2) is 4.98 Å². The number of aromatic nitrogens is 1. The summed E-state index contributed by atoms with van der Waals surface area (Å²) in [4.78, 5) is 18.1. The molecule has 1 aromatic heterocycles. The minimum Gasteiger partial charge on any atom is -0.392 e. The highest BCUT2D eigenvalue weighted by atomic mass is 35.5. The molecule has 1 atom stereocenters. The lowest BCUT2D eigenvalue weighted by molar-refractivity contribution is 0.0953. The number of aliphatic hydroxyl groups excluding tert-OH is 1. The van der Waals surface area contributed by atoms with E-state index in [0.29, 0.717) is 18.0 Å². The predicted octanol–water partition coefficient (Wildman–Crippen LogP) is 0.593. The maximum Gasteiger partial charge on any atom is 0.264 e. The van der Waals surface area contributed by atoms with Crippen LogP contribution in [0.1, 0.15) is 16.1 Å². The fourth-order valence-corrected chi connectivity index (χ4v) is 2.72. The molecule has 1 aliphatic heterocycles. The van der Waals surface area contributed by atoms with Gasteiger partial charge in [-0.05, 0) is 6.42 Å². The lowest BCUT2D eigenvalue weighted by Gasteiger charge is -2.14. The quantitative estimate of drug-likeness (QED) is 0.844. The van der Waals surface area contributed by atoms with E-state index >= 15 is 0 Å². The van der Waals surface area contributed by atoms with Crippen LogP contribution in [0.2, 0.25) is 5.15 Å². The van der Waals surface area contributed by atoms with Gasteiger partial charge in [-0.3, -0.25) is 9.69 Å². The number of nitrogens with zero attached hydrogens (tertiary/aromatic N) is 2. The van der Waals surface area contributed by atoms with Crippen molar-refractivity contribution in [2.24, 2.45) is 0 Å². The molecule has 1 amide bonds. The third-order valence-corrected chi connectivity index (χ3v) is 3.92. The molecule has 5 nitrogen and oxygen atoms in total. The molecule has 1 unspecified atom stereocenters. The smallest absolute Gasteiger partial charge is 0.264 e. The van der Waals surface area contributed by atoms with Gasteiger partial charge >= 0.3 is 0 Å². The highest BCUT2D eigenvalue weighted by molar-refractivity contribution is 7.12. The van der Waals surface area contributed by atoms with E-state index in [9.17, 15) is 9.90 Å². The molecule has 2 heterocycles. The van der Waals surface area contributed by atoms with Crippen molar-refractivity contribution >= 4 is 28.8 Å². The van der Waals surface area contributed by atoms with Gasteiger partial charge < -0.3 is 10.4 Å². The Morgan fingerprint density at radius 2 is 2.59 bits per heavy atom. The minimum atomic E-state index is -0.221. The monoisotopic (exact) mass is 275 g/mol. The van der Waals surface area contributed by atoms with Gasteiger partial charge in [0.1, 0.15) is 4.88 Å². The number of hydrogen-bond acceptors (Lipinski definition) is 5. The molecule has 1 saturated heterocycles. The zero-order chi connectivity index (χ0) is 12.3. The Balaban J connectivity index is 1.72. The van der Waals surface area contributed by atoms with E-state index in [4.69, 9.17) is 11.6 Å². The molecule has 1 aliphatic rings. The highest BCUT2D eigenvalue weighted by Gasteiger charge is 2.20. The number of nitrogens with one attached hydrogen (secondary N) is 1. The lowest BCUT2D eigenvalue weighted by Crippen LogP contribution is -2.34. The molecule has 0 saturated carbocycles. The van der Waals surface area contributed by atoms with Crippen LogP contribution in [0.25, 0.3) is 0 Å². The van der Waals surface area contributed by atoms with Crippen molar-refractivity contribution in [2.45, 2.75) is 12.5 Å². The molecule has 2 rings (SSSR count). The summed E-state index contributed by atoms with van der Waals surface area (Å²) in [6.45, 7) is 2.88. The third-order valence-electron chi connectivity index (χ3n) is 2.69. The summed E-state index contributed by atoms with van der Waals surface area (Å²) in [5, 5.41) is 12.4. The first kappa shape index (κ1) is 12.8. The number of likely N-dealkylation sites (tertiary alicyclic amines) is 1. The SMILES string of the molecule is O=C(NCCN1CCC(O)C1)c1scnc1Cl. The van der Waals surface area contributed by atoms with Gasteiger partial charge in [0.25, 0.3) is 5.91 Å². The molecule has 1 aromatic rings. The highest BCUT2D eigenvalue weighted by Crippen LogP contribution is 2.17. The van der Waals surface area contributed by atoms with Gasteiger partial charge in [0.05, 0.1) is 11.6 Å². The summed E-state index contributed by atoms with van der Waals surface area (Å²) in [5.74, 6) is -0.183. The van der Waals surface area contributed by atoms with Gasteiger partial charge in [0.2, 0.25) is 0 Å². The molecule has 0 radical (unpaired) electrons. The fourth-order valence-electron chi connectivity index (χ4n) is 1.80. The summed E-state index contributed by atoms with van der Waals surface area (Å²) in [6.07, 6.45) is 0.593. The van der Waals surface area contributed by atoms with Crippen LogP contribution in [0.5, 0.6) is 0 Å². The molecule has 7 heteroatoms. The van der Waals surface area contributed by atoms with Crippen molar-refractivity contribution in [2.75, 3.05) is 26.2 Å². The van der Waals surface area contributed by atoms with Crippen molar-refractivity contribution < 1.29 is 9.90 Å². The van der Waals surface area contributed by atoms with Crippen LogP contribution in [-0.2, 0) is 0 Å². The minimum absolute atomic E-state index is 0.183. The van der Waals surface area contributed by atoms with Crippen LogP contribution >= 0.6 is 22.9 Å². The number of carbonyl (C=O) groups excluding carboxylic acids is 1. The van der Waals surface area contributed by atoms with Crippen LogP contribution in [0.4, 0.5) is 0 Å². The molecule has 0 aliphatic carbocycles. The summed E-state index contributed by atoms with van der Waals surface area (Å²) < 4.78 is 0. The van der Waals surface area contributed by atoms with Gasteiger partial charge in [-0.15, -0.1) is 11.3 Å². The van der Waals surface area contributed by atoms with Crippen molar-refractivity contribution in [3.05, 3.63) is 15.5 Å². The topological polar surface area (TPSA) is 65.5 Å². The molecule has 1 fully saturated rings. The van der Waals surface area contributed by atoms with E-state index in [1.807, 2.05) is 0 Å². The third kappa shape index (κ3) is 3.38. The number of hydrogen-bond donors (Lipinski definition) is 2. The molecule has 17 heavy (non-hydrogen) atoms. The van der Waals surface area contributed by atoms with E-state index in [1.165, 1.54) is 11.3 Å². The fraction of sp³-hybridized carbons (Fsp3) is 0.600. The Bertz CT molecular complexity index is 399. The van der Waals surface area contributed by atoms with Gasteiger partial charge in [0.15, 0.2) is 5.15 Å². The van der Waals surface area contributed by atoms with Crippen molar-refractivity contribution in [3.63, 3.8) is 0 Å². The standard InChI is InChI=1S/C10H14ClN3O2S/c11-9-8(17-6-13-9)10(16)12-2-4-14-3-1-7(15)5-14/h6-7,15H,1-5H2,(H,12,16). The summed E-state index contributed by atoms with van der Waals surface area (Å²) in [6, 6.07) is 0. The maximum atomic E-state index is 11.7. The number of amides is 1. The second kappa shape index (κ2) is 5.77. The molecule has 94 valence electrons. The Morgan fingerprint density at radius 1 is 1.76 bits per heavy atom. The van der Waals surface area contributed by atoms with E-state index < -0.39 is 0 Å². The van der Waals surface area contributed by atoms with Gasteiger partial charge in [0, 0.05) is 26.2 Å². The Morgan fingerprint density at radius 3 is 3.18 bits per heavy atom. The van der Waals surface area contributed by atoms with Crippen molar-refractivity contribution in [3.8, 4) is 0 Å². The zero-order valence-corrected chi connectivity index (χ0v) is 10.8.